The number of halogens is 3. The maximum atomic E-state index is 13.1. The highest BCUT2D eigenvalue weighted by Gasteiger charge is 2.37. The lowest BCUT2D eigenvalue weighted by Gasteiger charge is -2.26. The van der Waals surface area contributed by atoms with Gasteiger partial charge in [0.05, 0.1) is 16.4 Å². The van der Waals surface area contributed by atoms with E-state index in [1.807, 2.05) is 22.6 Å². The highest BCUT2D eigenvalue weighted by atomic mass is 127. The molecule has 0 unspecified atom stereocenters. The van der Waals surface area contributed by atoms with E-state index in [9.17, 15) is 22.8 Å². The Balaban J connectivity index is 1.69. The Kier molecular flexibility index (Phi) is 7.78. The molecule has 9 nitrogen and oxygen atoms in total. The summed E-state index contributed by atoms with van der Waals surface area (Å²) in [7, 11) is -2.91. The van der Waals surface area contributed by atoms with Gasteiger partial charge in [-0.15, -0.1) is 0 Å². The van der Waals surface area contributed by atoms with Crippen molar-refractivity contribution in [1.82, 2.24) is 5.32 Å². The Morgan fingerprint density at radius 3 is 2.14 bits per heavy atom. The van der Waals surface area contributed by atoms with Crippen molar-refractivity contribution in [1.29, 1.82) is 0 Å². The molecular weight excluding hydrogens is 658 g/mol. The molecule has 0 spiro atoms. The summed E-state index contributed by atoms with van der Waals surface area (Å²) in [5.41, 5.74) is 0.213. The van der Waals surface area contributed by atoms with Crippen LogP contribution in [0.4, 0.5) is 10.5 Å². The van der Waals surface area contributed by atoms with Crippen LogP contribution in [0.5, 0.6) is 11.5 Å². The molecule has 3 aromatic rings. The molecule has 1 fully saturated rings. The molecule has 1 N–H and O–H groups in total. The quantitative estimate of drug-likeness (QED) is 0.169. The van der Waals surface area contributed by atoms with Crippen LogP contribution in [-0.2, 0) is 19.7 Å². The molecular formula is C24H15Cl2IN2O7S. The molecule has 37 heavy (non-hydrogen) atoms. The number of nitrogens with one attached hydrogen (secondary N) is 1. The molecule has 0 radical (unpaired) electrons. The van der Waals surface area contributed by atoms with Crippen molar-refractivity contribution in [3.05, 3.63) is 85.4 Å². The van der Waals surface area contributed by atoms with Crippen molar-refractivity contribution >= 4 is 85.5 Å². The number of methoxy groups -OCH3 is 1. The van der Waals surface area contributed by atoms with Gasteiger partial charge in [-0.2, -0.15) is 8.42 Å². The van der Waals surface area contributed by atoms with Gasteiger partial charge < -0.3 is 8.92 Å². The van der Waals surface area contributed by atoms with E-state index in [1.54, 1.807) is 0 Å². The number of anilines is 1. The van der Waals surface area contributed by atoms with Gasteiger partial charge >= 0.3 is 16.1 Å². The van der Waals surface area contributed by atoms with Crippen molar-refractivity contribution in [2.24, 2.45) is 0 Å². The molecule has 0 atom stereocenters. The summed E-state index contributed by atoms with van der Waals surface area (Å²) in [5, 5.41) is 2.90. The average Bonchev–Trinajstić information content (AvgIpc) is 2.84. The number of carbonyl (C=O) groups excluding carboxylic acids is 3. The van der Waals surface area contributed by atoms with Crippen molar-refractivity contribution in [3.63, 3.8) is 0 Å². The summed E-state index contributed by atoms with van der Waals surface area (Å²) < 4.78 is 36.5. The molecule has 0 saturated carbocycles. The summed E-state index contributed by atoms with van der Waals surface area (Å²) in [6.07, 6.45) is 1.26. The maximum absolute atomic E-state index is 13.1. The van der Waals surface area contributed by atoms with E-state index in [0.29, 0.717) is 19.2 Å². The minimum absolute atomic E-state index is 0.0330. The lowest BCUT2D eigenvalue weighted by atomic mass is 10.1. The third kappa shape index (κ3) is 5.74. The normalized spacial score (nSPS) is 15.1. The number of barbiturate groups is 1. The van der Waals surface area contributed by atoms with Gasteiger partial charge in [0.1, 0.15) is 10.5 Å². The number of carbonyl (C=O) groups is 3. The van der Waals surface area contributed by atoms with Gasteiger partial charge in [0.25, 0.3) is 11.8 Å². The zero-order valence-electron chi connectivity index (χ0n) is 18.7. The standard InChI is InChI=1S/C24H15Cl2IN2O7S/c1-35-20-12-13(11-19(27)21(20)36-37(33,34)17-8-4-15(26)5-9-17)10-18-22(30)28-24(32)29(23(18)31)16-6-2-14(25)3-7-16/h2-12H,1H3,(H,28,30,32)/b18-10+. The molecule has 0 aliphatic carbocycles. The van der Waals surface area contributed by atoms with E-state index in [4.69, 9.17) is 32.1 Å². The van der Waals surface area contributed by atoms with Crippen molar-refractivity contribution in [2.75, 3.05) is 12.0 Å². The van der Waals surface area contributed by atoms with Gasteiger partial charge in [0.2, 0.25) is 0 Å². The first-order chi connectivity index (χ1) is 17.5. The fraction of sp³-hybridized carbons (Fsp3) is 0.0417. The number of imide groups is 2. The second-order valence-corrected chi connectivity index (χ2v) is 11.0. The van der Waals surface area contributed by atoms with Crippen LogP contribution < -0.4 is 19.1 Å². The number of rotatable bonds is 6. The number of amides is 4. The molecule has 1 heterocycles. The van der Waals surface area contributed by atoms with Gasteiger partial charge in [-0.3, -0.25) is 14.9 Å². The Bertz CT molecular complexity index is 1560. The van der Waals surface area contributed by atoms with Gasteiger partial charge in [-0.1, -0.05) is 23.2 Å². The van der Waals surface area contributed by atoms with Gasteiger partial charge in [-0.25, -0.2) is 9.69 Å². The van der Waals surface area contributed by atoms with Gasteiger partial charge in [0, 0.05) is 10.0 Å². The third-order valence-electron chi connectivity index (χ3n) is 5.04. The van der Waals surface area contributed by atoms with E-state index in [2.05, 4.69) is 5.32 Å². The van der Waals surface area contributed by atoms with Crippen molar-refractivity contribution < 1.29 is 31.7 Å². The van der Waals surface area contributed by atoms with E-state index >= 15 is 0 Å². The third-order valence-corrected chi connectivity index (χ3v) is 7.59. The highest BCUT2D eigenvalue weighted by Crippen LogP contribution is 2.37. The molecule has 1 saturated heterocycles. The summed E-state index contributed by atoms with van der Waals surface area (Å²) >= 11 is 13.6. The van der Waals surface area contributed by atoms with Crippen molar-refractivity contribution in [3.8, 4) is 11.5 Å². The number of hydrogen-bond donors (Lipinski definition) is 1. The first kappa shape index (κ1) is 26.9. The Hall–Kier alpha value is -3.13. The monoisotopic (exact) mass is 672 g/mol. The lowest BCUT2D eigenvalue weighted by Crippen LogP contribution is -2.54. The zero-order chi connectivity index (χ0) is 26.9. The molecule has 1 aliphatic rings. The second kappa shape index (κ2) is 10.7. The van der Waals surface area contributed by atoms with E-state index in [0.717, 1.165) is 4.90 Å². The molecule has 190 valence electrons. The van der Waals surface area contributed by atoms with E-state index < -0.39 is 28.0 Å². The Labute approximate surface area is 235 Å². The SMILES string of the molecule is COc1cc(/C=C2\C(=O)NC(=O)N(c3ccc(Cl)cc3)C2=O)cc(I)c1OS(=O)(=O)c1ccc(Cl)cc1. The number of benzene rings is 3. The predicted octanol–water partition coefficient (Wildman–Crippen LogP) is 5.04. The fourth-order valence-corrected chi connectivity index (χ4v) is 5.41. The largest absolute Gasteiger partial charge is 0.493 e. The zero-order valence-corrected chi connectivity index (χ0v) is 23.2. The molecule has 1 aliphatic heterocycles. The minimum Gasteiger partial charge on any atom is -0.493 e. The lowest BCUT2D eigenvalue weighted by molar-refractivity contribution is -0.122. The smallest absolute Gasteiger partial charge is 0.339 e. The number of urea groups is 1. The fourth-order valence-electron chi connectivity index (χ4n) is 3.31. The van der Waals surface area contributed by atoms with Gasteiger partial charge in [0.15, 0.2) is 11.5 Å². The number of hydrogen-bond acceptors (Lipinski definition) is 7. The first-order valence-corrected chi connectivity index (χ1v) is 13.5. The van der Waals surface area contributed by atoms with Crippen LogP contribution in [0.2, 0.25) is 10.0 Å². The minimum atomic E-state index is -4.22. The number of ether oxygens (including phenoxy) is 1. The Morgan fingerprint density at radius 2 is 1.54 bits per heavy atom. The molecule has 0 aromatic heterocycles. The van der Waals surface area contributed by atoms with Crippen LogP contribution in [0, 0.1) is 3.57 Å². The first-order valence-electron chi connectivity index (χ1n) is 10.2. The molecule has 4 amide bonds. The van der Waals surface area contributed by atoms with Crippen LogP contribution in [0.15, 0.2) is 71.1 Å². The topological polar surface area (TPSA) is 119 Å². The second-order valence-electron chi connectivity index (χ2n) is 7.46. The molecule has 0 bridgehead atoms. The van der Waals surface area contributed by atoms with E-state index in [1.165, 1.54) is 73.8 Å². The molecule has 4 rings (SSSR count). The summed E-state index contributed by atoms with van der Waals surface area (Å²) in [5.74, 6) is -1.79. The highest BCUT2D eigenvalue weighted by molar-refractivity contribution is 14.1. The number of nitrogens with zero attached hydrogens (tertiary/aromatic N) is 1. The summed E-state index contributed by atoms with van der Waals surface area (Å²) in [6, 6.07) is 13.4. The maximum Gasteiger partial charge on any atom is 0.339 e. The van der Waals surface area contributed by atoms with Crippen LogP contribution in [0.1, 0.15) is 5.56 Å². The summed E-state index contributed by atoms with van der Waals surface area (Å²) in [6.45, 7) is 0. The van der Waals surface area contributed by atoms with Gasteiger partial charge in [-0.05, 0) is 94.9 Å². The average molecular weight is 673 g/mol. The van der Waals surface area contributed by atoms with Crippen LogP contribution >= 0.6 is 45.8 Å². The van der Waals surface area contributed by atoms with E-state index in [-0.39, 0.29) is 27.7 Å². The van der Waals surface area contributed by atoms with Crippen LogP contribution in [0.25, 0.3) is 6.08 Å². The van der Waals surface area contributed by atoms with Crippen molar-refractivity contribution in [2.45, 2.75) is 4.90 Å². The summed E-state index contributed by atoms with van der Waals surface area (Å²) in [4.78, 5) is 38.7. The molecule has 13 heteroatoms. The van der Waals surface area contributed by atoms with Crippen LogP contribution in [0.3, 0.4) is 0 Å². The molecule has 3 aromatic carbocycles. The predicted molar refractivity (Wildman–Crippen MR) is 145 cm³/mol. The Morgan fingerprint density at radius 1 is 0.946 bits per heavy atom. The van der Waals surface area contributed by atoms with Crippen LogP contribution in [-0.4, -0.2) is 33.4 Å².